The Balaban J connectivity index is 2.14. The van der Waals surface area contributed by atoms with Gasteiger partial charge in [-0.05, 0) is 37.1 Å². The molecule has 0 bridgehead atoms. The summed E-state index contributed by atoms with van der Waals surface area (Å²) in [7, 11) is 1.66. The van der Waals surface area contributed by atoms with Crippen LogP contribution < -0.4 is 15.2 Å². The predicted molar refractivity (Wildman–Crippen MR) is 92.9 cm³/mol. The molecule has 2 rings (SSSR count). The van der Waals surface area contributed by atoms with E-state index < -0.39 is 0 Å². The normalized spacial score (nSPS) is 10.7. The Kier molecular flexibility index (Phi) is 6.07. The van der Waals surface area contributed by atoms with Crippen LogP contribution in [-0.2, 0) is 0 Å². The minimum Gasteiger partial charge on any atom is -0.493 e. The molecule has 0 atom stereocenters. The molecule has 0 amide bonds. The molecule has 0 saturated heterocycles. The van der Waals surface area contributed by atoms with Crippen molar-refractivity contribution >= 4 is 16.5 Å². The van der Waals surface area contributed by atoms with Gasteiger partial charge in [-0.1, -0.05) is 37.5 Å². The van der Waals surface area contributed by atoms with Crippen molar-refractivity contribution in [1.29, 1.82) is 0 Å². The second kappa shape index (κ2) is 8.03. The molecule has 4 nitrogen and oxygen atoms in total. The number of nitrogens with zero attached hydrogens (tertiary/aromatic N) is 1. The van der Waals surface area contributed by atoms with Crippen LogP contribution in [0.5, 0.6) is 11.5 Å². The van der Waals surface area contributed by atoms with Crippen LogP contribution >= 0.6 is 11.3 Å². The highest BCUT2D eigenvalue weighted by Gasteiger charge is 2.12. The van der Waals surface area contributed by atoms with Gasteiger partial charge in [0.1, 0.15) is 0 Å². The molecule has 0 aliphatic heterocycles. The Labute approximate surface area is 136 Å². The summed E-state index contributed by atoms with van der Waals surface area (Å²) in [4.78, 5) is 5.36. The lowest BCUT2D eigenvalue weighted by molar-refractivity contribution is 0.285. The van der Waals surface area contributed by atoms with Crippen LogP contribution in [0.15, 0.2) is 18.2 Å². The minimum absolute atomic E-state index is 0.588. The lowest BCUT2D eigenvalue weighted by atomic mass is 10.1. The first-order chi connectivity index (χ1) is 10.7. The number of aromatic nitrogens is 1. The Hall–Kier alpha value is -1.75. The van der Waals surface area contributed by atoms with Crippen molar-refractivity contribution in [3.63, 3.8) is 0 Å². The summed E-state index contributed by atoms with van der Waals surface area (Å²) in [5.74, 6) is 1.54. The van der Waals surface area contributed by atoms with Crippen LogP contribution in [0.4, 0.5) is 5.13 Å². The Bertz CT molecular complexity index is 611. The van der Waals surface area contributed by atoms with Crippen molar-refractivity contribution in [2.75, 3.05) is 19.5 Å². The highest BCUT2D eigenvalue weighted by atomic mass is 32.1. The molecule has 5 heteroatoms. The van der Waals surface area contributed by atoms with Gasteiger partial charge in [-0.3, -0.25) is 0 Å². The zero-order valence-corrected chi connectivity index (χ0v) is 14.3. The molecule has 0 aliphatic rings. The van der Waals surface area contributed by atoms with Crippen LogP contribution in [0.25, 0.3) is 10.4 Å². The molecule has 2 N–H and O–H groups in total. The SMILES string of the molecule is CCCCCCOc1cc(-c2sc(N)nc2C)ccc1OC. The van der Waals surface area contributed by atoms with Crippen LogP contribution in [0.2, 0.25) is 0 Å². The third kappa shape index (κ3) is 4.13. The zero-order valence-electron chi connectivity index (χ0n) is 13.5. The molecule has 1 aromatic heterocycles. The van der Waals surface area contributed by atoms with Crippen molar-refractivity contribution in [1.82, 2.24) is 4.98 Å². The largest absolute Gasteiger partial charge is 0.493 e. The predicted octanol–water partition coefficient (Wildman–Crippen LogP) is 4.67. The van der Waals surface area contributed by atoms with Gasteiger partial charge in [-0.25, -0.2) is 4.98 Å². The number of rotatable bonds is 8. The number of aryl methyl sites for hydroxylation is 1. The van der Waals surface area contributed by atoms with Crippen LogP contribution in [0.3, 0.4) is 0 Å². The maximum Gasteiger partial charge on any atom is 0.180 e. The molecular weight excluding hydrogens is 296 g/mol. The summed E-state index contributed by atoms with van der Waals surface area (Å²) >= 11 is 1.49. The Morgan fingerprint density at radius 2 is 2.00 bits per heavy atom. The quantitative estimate of drug-likeness (QED) is 0.718. The van der Waals surface area contributed by atoms with E-state index in [1.165, 1.54) is 30.6 Å². The highest BCUT2D eigenvalue weighted by molar-refractivity contribution is 7.18. The molecule has 0 spiro atoms. The fourth-order valence-corrected chi connectivity index (χ4v) is 3.16. The summed E-state index contributed by atoms with van der Waals surface area (Å²) in [6.45, 7) is 4.89. The first kappa shape index (κ1) is 16.6. The van der Waals surface area contributed by atoms with Crippen LogP contribution in [-0.4, -0.2) is 18.7 Å². The van der Waals surface area contributed by atoms with Crippen molar-refractivity contribution in [3.05, 3.63) is 23.9 Å². The fourth-order valence-electron chi connectivity index (χ4n) is 2.33. The number of anilines is 1. The molecule has 120 valence electrons. The van der Waals surface area contributed by atoms with E-state index in [1.807, 2.05) is 25.1 Å². The van der Waals surface area contributed by atoms with Gasteiger partial charge in [0.2, 0.25) is 0 Å². The van der Waals surface area contributed by atoms with Crippen molar-refractivity contribution in [2.45, 2.75) is 39.5 Å². The van der Waals surface area contributed by atoms with Crippen LogP contribution in [0.1, 0.15) is 38.3 Å². The summed E-state index contributed by atoms with van der Waals surface area (Å²) in [5.41, 5.74) is 7.80. The lowest BCUT2D eigenvalue weighted by Gasteiger charge is -2.12. The summed E-state index contributed by atoms with van der Waals surface area (Å²) in [6, 6.07) is 5.97. The maximum atomic E-state index is 5.91. The van der Waals surface area contributed by atoms with Gasteiger partial charge >= 0.3 is 0 Å². The first-order valence-corrected chi connectivity index (χ1v) is 8.51. The van der Waals surface area contributed by atoms with Gasteiger partial charge in [-0.15, -0.1) is 0 Å². The number of hydrogen-bond donors (Lipinski definition) is 1. The number of thiazole rings is 1. The third-order valence-corrected chi connectivity index (χ3v) is 4.53. The zero-order chi connectivity index (χ0) is 15.9. The van der Waals surface area contributed by atoms with E-state index in [2.05, 4.69) is 11.9 Å². The van der Waals surface area contributed by atoms with Gasteiger partial charge in [0, 0.05) is 0 Å². The fraction of sp³-hybridized carbons (Fsp3) is 0.471. The first-order valence-electron chi connectivity index (χ1n) is 7.69. The van der Waals surface area contributed by atoms with Gasteiger partial charge < -0.3 is 15.2 Å². The number of nitrogen functional groups attached to an aromatic ring is 1. The highest BCUT2D eigenvalue weighted by Crippen LogP contribution is 2.37. The third-order valence-electron chi connectivity index (χ3n) is 3.49. The van der Waals surface area contributed by atoms with E-state index in [0.717, 1.165) is 34.1 Å². The second-order valence-electron chi connectivity index (χ2n) is 5.24. The maximum absolute atomic E-state index is 5.91. The molecule has 0 fully saturated rings. The average Bonchev–Trinajstić information content (AvgIpc) is 2.85. The monoisotopic (exact) mass is 320 g/mol. The second-order valence-corrected chi connectivity index (χ2v) is 6.27. The van der Waals surface area contributed by atoms with Gasteiger partial charge in [0.15, 0.2) is 16.6 Å². The number of benzene rings is 1. The van der Waals surface area contributed by atoms with E-state index >= 15 is 0 Å². The molecule has 0 aliphatic carbocycles. The summed E-state index contributed by atoms with van der Waals surface area (Å²) < 4.78 is 11.3. The number of nitrogens with two attached hydrogens (primary N) is 1. The van der Waals surface area contributed by atoms with E-state index in [-0.39, 0.29) is 0 Å². The molecule has 2 aromatic rings. The topological polar surface area (TPSA) is 57.4 Å². The van der Waals surface area contributed by atoms with Gasteiger partial charge in [0.05, 0.1) is 24.3 Å². The number of methoxy groups -OCH3 is 1. The van der Waals surface area contributed by atoms with E-state index in [1.54, 1.807) is 7.11 Å². The molecule has 0 saturated carbocycles. The number of unbranched alkanes of at least 4 members (excludes halogenated alkanes) is 3. The minimum atomic E-state index is 0.588. The summed E-state index contributed by atoms with van der Waals surface area (Å²) in [6.07, 6.45) is 4.74. The smallest absolute Gasteiger partial charge is 0.180 e. The van der Waals surface area contributed by atoms with E-state index in [9.17, 15) is 0 Å². The van der Waals surface area contributed by atoms with Gasteiger partial charge in [-0.2, -0.15) is 0 Å². The van der Waals surface area contributed by atoms with Crippen molar-refractivity contribution in [2.24, 2.45) is 0 Å². The standard InChI is InChI=1S/C17H24N2O2S/c1-4-5-6-7-10-21-15-11-13(8-9-14(15)20-3)16-12(2)19-17(18)22-16/h8-9,11H,4-7,10H2,1-3H3,(H2,18,19). The van der Waals surface area contributed by atoms with Gasteiger partial charge in [0.25, 0.3) is 0 Å². The van der Waals surface area contributed by atoms with Crippen molar-refractivity contribution < 1.29 is 9.47 Å². The average molecular weight is 320 g/mol. The van der Waals surface area contributed by atoms with E-state index in [0.29, 0.717) is 11.7 Å². The number of hydrogen-bond acceptors (Lipinski definition) is 5. The Morgan fingerprint density at radius 3 is 2.64 bits per heavy atom. The summed E-state index contributed by atoms with van der Waals surface area (Å²) in [5, 5.41) is 0.588. The Morgan fingerprint density at radius 1 is 1.18 bits per heavy atom. The lowest BCUT2D eigenvalue weighted by Crippen LogP contribution is -1.99. The van der Waals surface area contributed by atoms with Crippen molar-refractivity contribution in [3.8, 4) is 21.9 Å². The van der Waals surface area contributed by atoms with E-state index in [4.69, 9.17) is 15.2 Å². The molecule has 1 heterocycles. The molecule has 0 unspecified atom stereocenters. The number of ether oxygens (including phenoxy) is 2. The molecular formula is C17H24N2O2S. The molecule has 0 radical (unpaired) electrons. The molecule has 22 heavy (non-hydrogen) atoms. The molecule has 1 aromatic carbocycles. The van der Waals surface area contributed by atoms with Crippen LogP contribution in [0, 0.1) is 6.92 Å².